The van der Waals surface area contributed by atoms with Gasteiger partial charge in [0.25, 0.3) is 0 Å². The molecule has 0 aromatic heterocycles. The topological polar surface area (TPSA) is 106 Å². The number of carbonyl (C=O) groups excluding carboxylic acids is 3. The normalized spacial score (nSPS) is 27.1. The molecule has 0 saturated carbocycles. The Bertz CT molecular complexity index is 630. The Morgan fingerprint density at radius 3 is 1.71 bits per heavy atom. The van der Waals surface area contributed by atoms with Crippen LogP contribution in [0.4, 0.5) is 4.79 Å². The van der Waals surface area contributed by atoms with E-state index < -0.39 is 37.7 Å². The molecule has 2 aliphatic rings. The van der Waals surface area contributed by atoms with E-state index in [9.17, 15) is 14.4 Å². The first kappa shape index (κ1) is 25.8. The van der Waals surface area contributed by atoms with E-state index in [4.69, 9.17) is 13.6 Å². The van der Waals surface area contributed by atoms with Crippen molar-refractivity contribution in [1.29, 1.82) is 0 Å². The van der Waals surface area contributed by atoms with Gasteiger partial charge in [-0.05, 0) is 0 Å². The summed E-state index contributed by atoms with van der Waals surface area (Å²) in [7, 11) is -4.73. The zero-order valence-corrected chi connectivity index (χ0v) is 20.7. The van der Waals surface area contributed by atoms with Gasteiger partial charge in [0.15, 0.2) is 0 Å². The van der Waals surface area contributed by atoms with E-state index in [1.165, 1.54) is 0 Å². The molecular weight excluding hydrogens is 421 g/mol. The van der Waals surface area contributed by atoms with Crippen LogP contribution < -0.4 is 10.2 Å². The average Bonchev–Trinajstić information content (AvgIpc) is 3.19. The zero-order chi connectivity index (χ0) is 23.3. The third-order valence-electron chi connectivity index (χ3n) is 6.23. The van der Waals surface area contributed by atoms with E-state index in [0.717, 1.165) is 25.7 Å². The molecule has 1 spiro atoms. The van der Waals surface area contributed by atoms with Crippen molar-refractivity contribution in [2.45, 2.75) is 92.2 Å². The number of nitrogens with zero attached hydrogens (tertiary/aromatic N) is 1. The van der Waals surface area contributed by atoms with E-state index in [-0.39, 0.29) is 11.8 Å². The maximum atomic E-state index is 13.2. The van der Waals surface area contributed by atoms with Gasteiger partial charge in [0, 0.05) is 0 Å². The van der Waals surface area contributed by atoms with Gasteiger partial charge >= 0.3 is 186 Å². The van der Waals surface area contributed by atoms with Crippen molar-refractivity contribution in [3.63, 3.8) is 0 Å². The maximum absolute atomic E-state index is 13.2. The van der Waals surface area contributed by atoms with Gasteiger partial charge in [-0.25, -0.2) is 0 Å². The summed E-state index contributed by atoms with van der Waals surface area (Å²) in [6.45, 7) is 12.9. The van der Waals surface area contributed by atoms with Crippen LogP contribution in [0.5, 0.6) is 0 Å². The zero-order valence-electron chi connectivity index (χ0n) is 19.8. The molecule has 9 nitrogen and oxygen atoms in total. The molecule has 0 aromatic carbocycles. The summed E-state index contributed by atoms with van der Waals surface area (Å²) >= 11 is 0. The summed E-state index contributed by atoms with van der Waals surface area (Å²) in [4.78, 5) is 40.5. The quantitative estimate of drug-likeness (QED) is 0.439. The Balaban J connectivity index is 2.38. The molecule has 2 aliphatic heterocycles. The van der Waals surface area contributed by atoms with Crippen LogP contribution in [0, 0.1) is 11.8 Å². The number of rotatable bonds is 11. The van der Waals surface area contributed by atoms with E-state index in [1.807, 2.05) is 41.5 Å². The van der Waals surface area contributed by atoms with Gasteiger partial charge in [-0.2, -0.15) is 0 Å². The molecule has 0 radical (unpaired) electrons. The first-order chi connectivity index (χ1) is 14.6. The predicted molar refractivity (Wildman–Crippen MR) is 120 cm³/mol. The van der Waals surface area contributed by atoms with Crippen LogP contribution in [0.2, 0.25) is 0 Å². The Morgan fingerprint density at radius 1 is 0.935 bits per heavy atom. The molecule has 2 rings (SSSR count). The molecule has 2 fully saturated rings. The van der Waals surface area contributed by atoms with E-state index in [2.05, 4.69) is 10.2 Å². The Labute approximate surface area is 186 Å². The van der Waals surface area contributed by atoms with Gasteiger partial charge in [-0.1, -0.05) is 0 Å². The summed E-state index contributed by atoms with van der Waals surface area (Å²) in [5.41, 5.74) is 0. The van der Waals surface area contributed by atoms with Gasteiger partial charge in [0.2, 0.25) is 0 Å². The molecule has 4 unspecified atom stereocenters. The van der Waals surface area contributed by atoms with Crippen LogP contribution in [-0.4, -0.2) is 48.1 Å². The minimum atomic E-state index is -4.73. The van der Waals surface area contributed by atoms with Crippen molar-refractivity contribution in [2.75, 3.05) is 13.1 Å². The Morgan fingerprint density at radius 2 is 1.35 bits per heavy atom. The molecule has 0 aromatic rings. The molecule has 1 amide bonds. The van der Waals surface area contributed by atoms with Gasteiger partial charge in [0.05, 0.1) is 0 Å². The fourth-order valence-electron chi connectivity index (χ4n) is 3.66. The molecule has 180 valence electrons. The molecule has 0 bridgehead atoms. The van der Waals surface area contributed by atoms with E-state index in [0.29, 0.717) is 25.9 Å². The molecule has 4 atom stereocenters. The molecule has 2 N–H and O–H groups in total. The fraction of sp³-hybridized carbons (Fsp3) is 0.857. The van der Waals surface area contributed by atoms with Crippen molar-refractivity contribution < 1.29 is 28.0 Å². The Kier molecular flexibility index (Phi) is 8.70. The van der Waals surface area contributed by atoms with Crippen LogP contribution in [0.1, 0.15) is 80.1 Å². The Hall–Kier alpha value is -1.44. The first-order valence-corrected chi connectivity index (χ1v) is 13.7. The number of amides is 1. The first-order valence-electron chi connectivity index (χ1n) is 11.7. The van der Waals surface area contributed by atoms with Crippen molar-refractivity contribution in [2.24, 2.45) is 11.8 Å². The van der Waals surface area contributed by atoms with Gasteiger partial charge in [-0.15, -0.1) is 0 Å². The monoisotopic (exact) mass is 461 g/mol. The molecular formula is C21H40N3O6P. The number of hydrogen-bond donors (Lipinski definition) is 2. The standard InChI is InChI=1S/C21H40N3O6P/c1-7-11-13-24(14-12-8-2)21(27)30-31(22-17(15(5)9-3)19(25)28-31)23-18(16(6)10-4)20(26)29-31/h15-18,22-23H,7-14H2,1-6H3. The second-order valence-corrected chi connectivity index (χ2v) is 11.6. The number of unbranched alkanes of at least 4 members (excludes halogenated alkanes) is 2. The third-order valence-corrected chi connectivity index (χ3v) is 9.19. The van der Waals surface area contributed by atoms with Crippen LogP contribution in [0.3, 0.4) is 0 Å². The van der Waals surface area contributed by atoms with Crippen molar-refractivity contribution in [1.82, 2.24) is 15.1 Å². The van der Waals surface area contributed by atoms with Crippen molar-refractivity contribution in [3.05, 3.63) is 0 Å². The van der Waals surface area contributed by atoms with Gasteiger partial charge in [-0.3, -0.25) is 0 Å². The number of carbonyl (C=O) groups is 3. The third kappa shape index (κ3) is 5.49. The molecule has 10 heteroatoms. The number of nitrogens with one attached hydrogen (secondary N) is 2. The van der Waals surface area contributed by atoms with Crippen molar-refractivity contribution in [3.8, 4) is 0 Å². The van der Waals surface area contributed by atoms with Gasteiger partial charge in [0.1, 0.15) is 0 Å². The molecule has 31 heavy (non-hydrogen) atoms. The summed E-state index contributed by atoms with van der Waals surface area (Å²) in [5, 5.41) is 6.11. The fourth-order valence-corrected chi connectivity index (χ4v) is 7.12. The van der Waals surface area contributed by atoms with Crippen LogP contribution in [-0.2, 0) is 23.2 Å². The van der Waals surface area contributed by atoms with Crippen LogP contribution >= 0.6 is 7.59 Å². The summed E-state index contributed by atoms with van der Waals surface area (Å²) < 4.78 is 17.3. The van der Waals surface area contributed by atoms with E-state index in [1.54, 1.807) is 4.90 Å². The number of hydrogen-bond acceptors (Lipinski definition) is 8. The minimum absolute atomic E-state index is 0.0906. The predicted octanol–water partition coefficient (Wildman–Crippen LogP) is 4.28. The van der Waals surface area contributed by atoms with Gasteiger partial charge < -0.3 is 0 Å². The molecule has 2 saturated heterocycles. The average molecular weight is 462 g/mol. The van der Waals surface area contributed by atoms with Crippen LogP contribution in [0.25, 0.3) is 0 Å². The SMILES string of the molecule is CCCCN(CCCC)C(=O)OP12(NC(C(C)CC)C(=O)O1)NC(C(C)CC)C(=O)O2. The van der Waals surface area contributed by atoms with Crippen LogP contribution in [0.15, 0.2) is 0 Å². The second-order valence-electron chi connectivity index (χ2n) is 8.74. The second kappa shape index (κ2) is 10.5. The summed E-state index contributed by atoms with van der Waals surface area (Å²) in [6.07, 6.45) is 4.25. The van der Waals surface area contributed by atoms with Crippen molar-refractivity contribution >= 4 is 25.6 Å². The van der Waals surface area contributed by atoms with E-state index >= 15 is 0 Å². The summed E-state index contributed by atoms with van der Waals surface area (Å²) in [6, 6.07) is -1.46. The summed E-state index contributed by atoms with van der Waals surface area (Å²) in [5.74, 6) is -1.32. The molecule has 0 aliphatic carbocycles. The molecule has 2 heterocycles.